The zero-order chi connectivity index (χ0) is 17.7. The van der Waals surface area contributed by atoms with Crippen molar-refractivity contribution in [2.45, 2.75) is 39.2 Å². The summed E-state index contributed by atoms with van der Waals surface area (Å²) in [5, 5.41) is 13.8. The quantitative estimate of drug-likeness (QED) is 0.507. The molecule has 130 valence electrons. The summed E-state index contributed by atoms with van der Waals surface area (Å²) in [6.07, 6.45) is 3.13. The third kappa shape index (κ3) is 4.31. The van der Waals surface area contributed by atoms with Crippen molar-refractivity contribution in [3.63, 3.8) is 0 Å². The van der Waals surface area contributed by atoms with Crippen LogP contribution in [0.4, 0.5) is 5.69 Å². The first-order chi connectivity index (χ1) is 11.4. The minimum atomic E-state index is -0.873. The number of esters is 1. The van der Waals surface area contributed by atoms with E-state index < -0.39 is 17.5 Å². The average molecular weight is 334 g/mol. The van der Waals surface area contributed by atoms with Crippen LogP contribution >= 0.6 is 0 Å². The van der Waals surface area contributed by atoms with Crippen molar-refractivity contribution in [2.75, 3.05) is 6.61 Å². The highest BCUT2D eigenvalue weighted by Gasteiger charge is 2.28. The van der Waals surface area contributed by atoms with Gasteiger partial charge in [-0.05, 0) is 24.3 Å². The first-order valence-electron chi connectivity index (χ1n) is 8.10. The molecule has 0 aromatic heterocycles. The van der Waals surface area contributed by atoms with Crippen molar-refractivity contribution in [1.29, 1.82) is 0 Å². The number of para-hydroxylation sites is 1. The Bertz CT molecular complexity index is 631. The molecule has 2 rings (SSSR count). The molecule has 0 aliphatic heterocycles. The second-order valence-corrected chi connectivity index (χ2v) is 6.29. The van der Waals surface area contributed by atoms with Crippen molar-refractivity contribution in [3.05, 3.63) is 39.9 Å². The van der Waals surface area contributed by atoms with E-state index in [1.165, 1.54) is 24.3 Å². The Morgan fingerprint density at radius 2 is 2.00 bits per heavy atom. The smallest absolute Gasteiger partial charge is 0.345 e. The van der Waals surface area contributed by atoms with E-state index in [1.807, 2.05) is 0 Å². The van der Waals surface area contributed by atoms with Crippen molar-refractivity contribution >= 4 is 17.6 Å². The van der Waals surface area contributed by atoms with E-state index in [2.05, 4.69) is 19.2 Å². The third-order valence-electron chi connectivity index (χ3n) is 4.71. The zero-order valence-electron chi connectivity index (χ0n) is 13.9. The first kappa shape index (κ1) is 17.9. The largest absolute Gasteiger partial charge is 0.452 e. The normalized spacial score (nSPS) is 23.3. The highest BCUT2D eigenvalue weighted by molar-refractivity contribution is 5.95. The predicted molar refractivity (Wildman–Crippen MR) is 87.5 cm³/mol. The van der Waals surface area contributed by atoms with E-state index in [1.54, 1.807) is 0 Å². The van der Waals surface area contributed by atoms with E-state index in [0.717, 1.165) is 19.3 Å². The molecule has 1 saturated carbocycles. The van der Waals surface area contributed by atoms with Gasteiger partial charge in [-0.15, -0.1) is 0 Å². The molecule has 1 aromatic rings. The number of benzene rings is 1. The number of carbonyl (C=O) groups excluding carboxylic acids is 2. The second kappa shape index (κ2) is 7.90. The number of rotatable bonds is 5. The molecule has 7 heteroatoms. The maximum Gasteiger partial charge on any atom is 0.345 e. The fourth-order valence-corrected chi connectivity index (χ4v) is 3.05. The Morgan fingerprint density at radius 1 is 1.29 bits per heavy atom. The van der Waals surface area contributed by atoms with Crippen LogP contribution in [0.2, 0.25) is 0 Å². The van der Waals surface area contributed by atoms with Crippen molar-refractivity contribution in [1.82, 2.24) is 5.32 Å². The first-order valence-corrected chi connectivity index (χ1v) is 8.10. The fraction of sp³-hybridized carbons (Fsp3) is 0.529. The summed E-state index contributed by atoms with van der Waals surface area (Å²) in [4.78, 5) is 34.2. The van der Waals surface area contributed by atoms with Crippen LogP contribution in [0.1, 0.15) is 43.5 Å². The predicted octanol–water partition coefficient (Wildman–Crippen LogP) is 2.69. The number of nitrogens with one attached hydrogen (secondary N) is 1. The molecule has 0 radical (unpaired) electrons. The highest BCUT2D eigenvalue weighted by Crippen LogP contribution is 2.29. The minimum Gasteiger partial charge on any atom is -0.452 e. The number of carbonyl (C=O) groups is 2. The number of nitro groups is 1. The molecule has 0 spiro atoms. The Labute approximate surface area is 140 Å². The van der Waals surface area contributed by atoms with Crippen LogP contribution in [0.15, 0.2) is 24.3 Å². The summed E-state index contributed by atoms with van der Waals surface area (Å²) in [6, 6.07) is 5.58. The minimum absolute atomic E-state index is 0.0750. The van der Waals surface area contributed by atoms with Crippen LogP contribution in [0.5, 0.6) is 0 Å². The molecule has 0 unspecified atom stereocenters. The number of nitrogens with zero attached hydrogens (tertiary/aromatic N) is 1. The average Bonchev–Trinajstić information content (AvgIpc) is 2.56. The van der Waals surface area contributed by atoms with Gasteiger partial charge in [0.05, 0.1) is 4.92 Å². The third-order valence-corrected chi connectivity index (χ3v) is 4.71. The molecular weight excluding hydrogens is 312 g/mol. The van der Waals surface area contributed by atoms with Crippen LogP contribution in [0.25, 0.3) is 0 Å². The molecule has 1 aromatic carbocycles. The zero-order valence-corrected chi connectivity index (χ0v) is 13.9. The van der Waals surface area contributed by atoms with Crippen molar-refractivity contribution in [2.24, 2.45) is 11.8 Å². The van der Waals surface area contributed by atoms with Gasteiger partial charge in [-0.25, -0.2) is 4.79 Å². The Kier molecular flexibility index (Phi) is 5.89. The summed E-state index contributed by atoms with van der Waals surface area (Å²) >= 11 is 0. The molecule has 1 N–H and O–H groups in total. The Balaban J connectivity index is 1.90. The van der Waals surface area contributed by atoms with Crippen LogP contribution in [-0.4, -0.2) is 29.4 Å². The topological polar surface area (TPSA) is 98.5 Å². The Morgan fingerprint density at radius 3 is 2.71 bits per heavy atom. The fourth-order valence-electron chi connectivity index (χ4n) is 3.05. The monoisotopic (exact) mass is 334 g/mol. The van der Waals surface area contributed by atoms with E-state index in [4.69, 9.17) is 4.74 Å². The van der Waals surface area contributed by atoms with E-state index in [0.29, 0.717) is 11.8 Å². The van der Waals surface area contributed by atoms with Gasteiger partial charge < -0.3 is 10.1 Å². The highest BCUT2D eigenvalue weighted by atomic mass is 16.6. The number of hydrogen-bond donors (Lipinski definition) is 1. The van der Waals surface area contributed by atoms with Gasteiger partial charge in [0.15, 0.2) is 6.61 Å². The number of hydrogen-bond acceptors (Lipinski definition) is 5. The van der Waals surface area contributed by atoms with E-state index >= 15 is 0 Å². The molecule has 3 atom stereocenters. The molecule has 0 heterocycles. The summed E-state index contributed by atoms with van der Waals surface area (Å²) < 4.78 is 4.93. The lowest BCUT2D eigenvalue weighted by atomic mass is 9.78. The van der Waals surface area contributed by atoms with Gasteiger partial charge in [-0.2, -0.15) is 0 Å². The van der Waals surface area contributed by atoms with Crippen molar-refractivity contribution < 1.29 is 19.2 Å². The van der Waals surface area contributed by atoms with Crippen LogP contribution in [-0.2, 0) is 9.53 Å². The SMILES string of the molecule is C[C@H]1[C@H](C)CCC[C@@H]1NC(=O)COC(=O)c1ccccc1[N+](=O)[O-]. The summed E-state index contributed by atoms with van der Waals surface area (Å²) in [7, 11) is 0. The van der Waals surface area contributed by atoms with E-state index in [9.17, 15) is 19.7 Å². The number of amides is 1. The molecule has 0 bridgehead atoms. The lowest BCUT2D eigenvalue weighted by molar-refractivity contribution is -0.385. The lowest BCUT2D eigenvalue weighted by Crippen LogP contribution is -2.45. The van der Waals surface area contributed by atoms with Gasteiger partial charge >= 0.3 is 5.97 Å². The molecule has 1 fully saturated rings. The molecule has 1 aliphatic rings. The number of nitro benzene ring substituents is 1. The number of ether oxygens (including phenoxy) is 1. The summed E-state index contributed by atoms with van der Waals surface area (Å²) in [6.45, 7) is 3.83. The summed E-state index contributed by atoms with van der Waals surface area (Å²) in [5.41, 5.74) is -0.493. The molecule has 7 nitrogen and oxygen atoms in total. The van der Waals surface area contributed by atoms with Crippen LogP contribution in [0, 0.1) is 22.0 Å². The standard InChI is InChI=1S/C17H22N2O5/c1-11-6-5-8-14(12(11)2)18-16(20)10-24-17(21)13-7-3-4-9-15(13)19(22)23/h3-4,7,9,11-12,14H,5-6,8,10H2,1-2H3,(H,18,20)/t11-,12+,14+/m1/s1. The van der Waals surface area contributed by atoms with Gasteiger partial charge in [0, 0.05) is 12.1 Å². The van der Waals surface area contributed by atoms with Gasteiger partial charge in [0.25, 0.3) is 11.6 Å². The Hall–Kier alpha value is -2.44. The summed E-state index contributed by atoms with van der Waals surface area (Å²) in [5.74, 6) is -0.345. The lowest BCUT2D eigenvalue weighted by Gasteiger charge is -2.34. The molecule has 24 heavy (non-hydrogen) atoms. The molecule has 1 amide bonds. The van der Waals surface area contributed by atoms with Gasteiger partial charge in [0.1, 0.15) is 5.56 Å². The van der Waals surface area contributed by atoms with E-state index in [-0.39, 0.29) is 23.2 Å². The molecular formula is C17H22N2O5. The van der Waals surface area contributed by atoms with Gasteiger partial charge in [-0.3, -0.25) is 14.9 Å². The van der Waals surface area contributed by atoms with Crippen LogP contribution in [0.3, 0.4) is 0 Å². The second-order valence-electron chi connectivity index (χ2n) is 6.29. The molecule has 0 saturated heterocycles. The van der Waals surface area contributed by atoms with Gasteiger partial charge in [-0.1, -0.05) is 38.8 Å². The maximum atomic E-state index is 12.0. The maximum absolute atomic E-state index is 12.0. The van der Waals surface area contributed by atoms with Crippen LogP contribution < -0.4 is 5.32 Å². The van der Waals surface area contributed by atoms with Gasteiger partial charge in [0.2, 0.25) is 0 Å². The van der Waals surface area contributed by atoms with Crippen molar-refractivity contribution in [3.8, 4) is 0 Å². The molecule has 1 aliphatic carbocycles.